The second-order valence-electron chi connectivity index (χ2n) is 4.52. The standard InChI is InChI=1S/C13H18N2O2/c1-9(2)8-15(3)13(17)11-6-4-10(5-7-11)12(14)16/h4-7,9H,8H2,1-3H3,(H2,14,16). The van der Waals surface area contributed by atoms with Gasteiger partial charge in [-0.1, -0.05) is 13.8 Å². The van der Waals surface area contributed by atoms with Crippen molar-refractivity contribution in [3.8, 4) is 0 Å². The molecule has 17 heavy (non-hydrogen) atoms. The van der Waals surface area contributed by atoms with Crippen LogP contribution in [0.3, 0.4) is 0 Å². The van der Waals surface area contributed by atoms with E-state index in [4.69, 9.17) is 5.73 Å². The summed E-state index contributed by atoms with van der Waals surface area (Å²) < 4.78 is 0. The van der Waals surface area contributed by atoms with Gasteiger partial charge < -0.3 is 10.6 Å². The molecule has 0 aliphatic carbocycles. The molecule has 0 aromatic heterocycles. The van der Waals surface area contributed by atoms with E-state index in [1.54, 1.807) is 36.2 Å². The van der Waals surface area contributed by atoms with Gasteiger partial charge in [0, 0.05) is 24.7 Å². The Hall–Kier alpha value is -1.84. The van der Waals surface area contributed by atoms with Crippen LogP contribution in [0.2, 0.25) is 0 Å². The molecular formula is C13H18N2O2. The molecule has 4 heteroatoms. The van der Waals surface area contributed by atoms with Crippen molar-refractivity contribution in [3.63, 3.8) is 0 Å². The lowest BCUT2D eigenvalue weighted by Gasteiger charge is -2.19. The normalized spacial score (nSPS) is 10.4. The Kier molecular flexibility index (Phi) is 4.26. The average molecular weight is 234 g/mol. The highest BCUT2D eigenvalue weighted by atomic mass is 16.2. The van der Waals surface area contributed by atoms with Gasteiger partial charge in [-0.25, -0.2) is 0 Å². The van der Waals surface area contributed by atoms with Crippen LogP contribution in [0.5, 0.6) is 0 Å². The van der Waals surface area contributed by atoms with Crippen molar-refractivity contribution >= 4 is 11.8 Å². The number of hydrogen-bond donors (Lipinski definition) is 1. The van der Waals surface area contributed by atoms with E-state index in [1.165, 1.54) is 0 Å². The molecule has 1 rings (SSSR count). The van der Waals surface area contributed by atoms with Crippen LogP contribution in [0.1, 0.15) is 34.6 Å². The monoisotopic (exact) mass is 234 g/mol. The summed E-state index contributed by atoms with van der Waals surface area (Å²) in [5.41, 5.74) is 6.11. The first-order chi connectivity index (χ1) is 7.91. The van der Waals surface area contributed by atoms with Crippen LogP contribution >= 0.6 is 0 Å². The lowest BCUT2D eigenvalue weighted by atomic mass is 10.1. The number of amides is 2. The first kappa shape index (κ1) is 13.2. The predicted molar refractivity (Wildman–Crippen MR) is 66.8 cm³/mol. The fourth-order valence-corrected chi connectivity index (χ4v) is 1.63. The molecule has 0 bridgehead atoms. The van der Waals surface area contributed by atoms with Crippen LogP contribution < -0.4 is 5.73 Å². The topological polar surface area (TPSA) is 63.4 Å². The third kappa shape index (κ3) is 3.59. The fourth-order valence-electron chi connectivity index (χ4n) is 1.63. The summed E-state index contributed by atoms with van der Waals surface area (Å²) in [6, 6.07) is 6.38. The number of hydrogen-bond acceptors (Lipinski definition) is 2. The van der Waals surface area contributed by atoms with Crippen molar-refractivity contribution in [2.75, 3.05) is 13.6 Å². The molecule has 0 atom stereocenters. The van der Waals surface area contributed by atoms with Crippen LogP contribution in [0.15, 0.2) is 24.3 Å². The van der Waals surface area contributed by atoms with Gasteiger partial charge in [0.2, 0.25) is 5.91 Å². The molecule has 2 amide bonds. The van der Waals surface area contributed by atoms with Crippen molar-refractivity contribution in [3.05, 3.63) is 35.4 Å². The minimum Gasteiger partial charge on any atom is -0.366 e. The Morgan fingerprint density at radius 2 is 1.65 bits per heavy atom. The molecule has 0 saturated heterocycles. The van der Waals surface area contributed by atoms with Gasteiger partial charge in [-0.15, -0.1) is 0 Å². The minimum atomic E-state index is -0.487. The zero-order valence-corrected chi connectivity index (χ0v) is 10.4. The summed E-state index contributed by atoms with van der Waals surface area (Å²) >= 11 is 0. The van der Waals surface area contributed by atoms with Crippen LogP contribution in [0, 0.1) is 5.92 Å². The Labute approximate surface area is 101 Å². The SMILES string of the molecule is CC(C)CN(C)C(=O)c1ccc(C(N)=O)cc1. The molecule has 4 nitrogen and oxygen atoms in total. The van der Waals surface area contributed by atoms with E-state index in [0.717, 1.165) is 0 Å². The van der Waals surface area contributed by atoms with Gasteiger partial charge in [-0.2, -0.15) is 0 Å². The minimum absolute atomic E-state index is 0.0466. The fraction of sp³-hybridized carbons (Fsp3) is 0.385. The third-order valence-corrected chi connectivity index (χ3v) is 2.40. The zero-order valence-electron chi connectivity index (χ0n) is 10.4. The second-order valence-corrected chi connectivity index (χ2v) is 4.52. The van der Waals surface area contributed by atoms with Crippen LogP contribution in [0.4, 0.5) is 0 Å². The van der Waals surface area contributed by atoms with E-state index in [1.807, 2.05) is 0 Å². The van der Waals surface area contributed by atoms with E-state index in [2.05, 4.69) is 13.8 Å². The van der Waals surface area contributed by atoms with Crippen LogP contribution in [-0.2, 0) is 0 Å². The van der Waals surface area contributed by atoms with Gasteiger partial charge in [0.1, 0.15) is 0 Å². The molecule has 92 valence electrons. The summed E-state index contributed by atoms with van der Waals surface area (Å²) in [5.74, 6) is -0.108. The molecule has 0 aliphatic heterocycles. The lowest BCUT2D eigenvalue weighted by molar-refractivity contribution is 0.0778. The van der Waals surface area contributed by atoms with Gasteiger partial charge >= 0.3 is 0 Å². The maximum Gasteiger partial charge on any atom is 0.253 e. The molecule has 2 N–H and O–H groups in total. The highest BCUT2D eigenvalue weighted by Gasteiger charge is 2.12. The van der Waals surface area contributed by atoms with Gasteiger partial charge in [0.25, 0.3) is 5.91 Å². The van der Waals surface area contributed by atoms with Gasteiger partial charge in [0.15, 0.2) is 0 Å². The summed E-state index contributed by atoms with van der Waals surface area (Å²) in [6.45, 7) is 4.82. The zero-order chi connectivity index (χ0) is 13.0. The van der Waals surface area contributed by atoms with Crippen molar-refractivity contribution in [2.45, 2.75) is 13.8 Å². The molecule has 0 spiro atoms. The smallest absolute Gasteiger partial charge is 0.253 e. The van der Waals surface area contributed by atoms with Gasteiger partial charge in [0.05, 0.1) is 0 Å². The number of benzene rings is 1. The van der Waals surface area contributed by atoms with E-state index in [9.17, 15) is 9.59 Å². The first-order valence-corrected chi connectivity index (χ1v) is 5.57. The van der Waals surface area contributed by atoms with Crippen molar-refractivity contribution in [1.29, 1.82) is 0 Å². The van der Waals surface area contributed by atoms with Gasteiger partial charge in [-0.05, 0) is 30.2 Å². The molecule has 0 aliphatic rings. The van der Waals surface area contributed by atoms with Crippen molar-refractivity contribution in [1.82, 2.24) is 4.90 Å². The second kappa shape index (κ2) is 5.48. The first-order valence-electron chi connectivity index (χ1n) is 5.57. The Balaban J connectivity index is 2.79. The van der Waals surface area contributed by atoms with E-state index in [-0.39, 0.29) is 5.91 Å². The largest absolute Gasteiger partial charge is 0.366 e. The lowest BCUT2D eigenvalue weighted by Crippen LogP contribution is -2.30. The van der Waals surface area contributed by atoms with Crippen LogP contribution in [-0.4, -0.2) is 30.3 Å². The summed E-state index contributed by atoms with van der Waals surface area (Å²) in [5, 5.41) is 0. The Bertz CT molecular complexity index is 410. The number of nitrogens with zero attached hydrogens (tertiary/aromatic N) is 1. The highest BCUT2D eigenvalue weighted by molar-refractivity contribution is 5.97. The molecule has 0 heterocycles. The molecule has 1 aromatic rings. The molecule has 0 unspecified atom stereocenters. The quantitative estimate of drug-likeness (QED) is 0.858. The Morgan fingerprint density at radius 3 is 2.06 bits per heavy atom. The molecule has 0 fully saturated rings. The van der Waals surface area contributed by atoms with E-state index < -0.39 is 5.91 Å². The van der Waals surface area contributed by atoms with Crippen molar-refractivity contribution in [2.24, 2.45) is 11.7 Å². The third-order valence-electron chi connectivity index (χ3n) is 2.40. The maximum absolute atomic E-state index is 12.0. The molecule has 0 saturated carbocycles. The highest BCUT2D eigenvalue weighted by Crippen LogP contribution is 2.08. The number of carbonyl (C=O) groups is 2. The average Bonchev–Trinajstić information content (AvgIpc) is 2.27. The molecule has 1 aromatic carbocycles. The number of primary amides is 1. The number of rotatable bonds is 4. The van der Waals surface area contributed by atoms with Crippen LogP contribution in [0.25, 0.3) is 0 Å². The van der Waals surface area contributed by atoms with E-state index >= 15 is 0 Å². The molecule has 0 radical (unpaired) electrons. The summed E-state index contributed by atoms with van der Waals surface area (Å²) in [7, 11) is 1.77. The van der Waals surface area contributed by atoms with Gasteiger partial charge in [-0.3, -0.25) is 9.59 Å². The predicted octanol–water partition coefficient (Wildman–Crippen LogP) is 1.51. The van der Waals surface area contributed by atoms with Crippen molar-refractivity contribution < 1.29 is 9.59 Å². The summed E-state index contributed by atoms with van der Waals surface area (Å²) in [4.78, 5) is 24.5. The number of carbonyl (C=O) groups excluding carboxylic acids is 2. The maximum atomic E-state index is 12.0. The summed E-state index contributed by atoms with van der Waals surface area (Å²) in [6.07, 6.45) is 0. The van der Waals surface area contributed by atoms with E-state index in [0.29, 0.717) is 23.6 Å². The number of nitrogens with two attached hydrogens (primary N) is 1. The molecular weight excluding hydrogens is 216 g/mol. The Morgan fingerprint density at radius 1 is 1.18 bits per heavy atom.